The number of rotatable bonds is 7. The van der Waals surface area contributed by atoms with Crippen molar-refractivity contribution in [2.75, 3.05) is 7.11 Å². The van der Waals surface area contributed by atoms with Crippen molar-refractivity contribution in [3.8, 4) is 0 Å². The van der Waals surface area contributed by atoms with Crippen molar-refractivity contribution in [2.24, 2.45) is 5.92 Å². The van der Waals surface area contributed by atoms with E-state index in [0.29, 0.717) is 5.92 Å². The molecule has 254 valence electrons. The van der Waals surface area contributed by atoms with Gasteiger partial charge in [0, 0.05) is 20.0 Å². The summed E-state index contributed by atoms with van der Waals surface area (Å²) in [6.07, 6.45) is 14.1. The molecule has 0 saturated heterocycles. The van der Waals surface area contributed by atoms with Gasteiger partial charge in [-0.1, -0.05) is 90.9 Å². The van der Waals surface area contributed by atoms with Crippen molar-refractivity contribution in [2.45, 2.75) is 111 Å². The van der Waals surface area contributed by atoms with Crippen LogP contribution in [0.3, 0.4) is 0 Å². The monoisotopic (exact) mass is 650 g/mol. The predicted octanol–water partition coefficient (Wildman–Crippen LogP) is 10.5. The topological polar surface area (TPSA) is 29.5 Å². The Morgan fingerprint density at radius 1 is 0.735 bits per heavy atom. The van der Waals surface area contributed by atoms with Gasteiger partial charge in [0.2, 0.25) is 0 Å². The van der Waals surface area contributed by atoms with Crippen LogP contribution in [0.4, 0.5) is 0 Å². The Bertz CT molecular complexity index is 1950. The summed E-state index contributed by atoms with van der Waals surface area (Å²) >= 11 is 0. The van der Waals surface area contributed by atoms with Crippen LogP contribution in [0.15, 0.2) is 71.8 Å². The number of hydrogen-bond donors (Lipinski definition) is 1. The van der Waals surface area contributed by atoms with Gasteiger partial charge >= 0.3 is 0 Å². The van der Waals surface area contributed by atoms with E-state index in [2.05, 4.69) is 114 Å². The van der Waals surface area contributed by atoms with Crippen molar-refractivity contribution in [3.05, 3.63) is 150 Å². The van der Waals surface area contributed by atoms with Crippen LogP contribution in [-0.4, -0.2) is 17.8 Å². The van der Waals surface area contributed by atoms with Gasteiger partial charge in [-0.2, -0.15) is 0 Å². The molecule has 0 aliphatic heterocycles. The third-order valence-corrected chi connectivity index (χ3v) is 12.2. The second kappa shape index (κ2) is 13.5. The number of aryl methyl sites for hydroxylation is 2. The normalized spacial score (nSPS) is 19.4. The summed E-state index contributed by atoms with van der Waals surface area (Å²) in [5, 5.41) is 11.2. The van der Waals surface area contributed by atoms with Crippen molar-refractivity contribution in [1.29, 1.82) is 0 Å². The number of ether oxygens (including phenoxy) is 1. The Labute approximate surface area is 295 Å². The number of allylic oxidation sites excluding steroid dienone is 2. The summed E-state index contributed by atoms with van der Waals surface area (Å²) in [6, 6.07) is 22.0. The maximum Gasteiger partial charge on any atom is 0.0852 e. The van der Waals surface area contributed by atoms with Gasteiger partial charge in [0.15, 0.2) is 0 Å². The van der Waals surface area contributed by atoms with Gasteiger partial charge in [-0.25, -0.2) is 0 Å². The highest BCUT2D eigenvalue weighted by Crippen LogP contribution is 2.43. The smallest absolute Gasteiger partial charge is 0.0852 e. The van der Waals surface area contributed by atoms with Crippen LogP contribution in [0, 0.1) is 33.6 Å². The first kappa shape index (κ1) is 33.8. The van der Waals surface area contributed by atoms with E-state index in [9.17, 15) is 5.11 Å². The number of benzene rings is 4. The SMILES string of the molecule is CC1=Cc2c(cc(C)c(C)c2CCC2=Cc3ccccc3C2)C1.COC1c2cc(C)c(C)c(CCC3(O)Cc4ccccc4C3)c2CC1C. The molecule has 2 heteroatoms. The molecule has 4 aromatic carbocycles. The molecular formula is C47H54O2. The predicted molar refractivity (Wildman–Crippen MR) is 205 cm³/mol. The van der Waals surface area contributed by atoms with Crippen molar-refractivity contribution in [1.82, 2.24) is 0 Å². The Hall–Kier alpha value is -3.72. The van der Waals surface area contributed by atoms with Crippen molar-refractivity contribution < 1.29 is 9.84 Å². The van der Waals surface area contributed by atoms with E-state index < -0.39 is 5.60 Å². The molecule has 4 aliphatic carbocycles. The van der Waals surface area contributed by atoms with Gasteiger partial charge in [0.05, 0.1) is 11.7 Å². The summed E-state index contributed by atoms with van der Waals surface area (Å²) in [6.45, 7) is 13.5. The highest BCUT2D eigenvalue weighted by atomic mass is 16.5. The molecule has 2 unspecified atom stereocenters. The number of hydrogen-bond acceptors (Lipinski definition) is 2. The van der Waals surface area contributed by atoms with E-state index >= 15 is 0 Å². The Balaban J connectivity index is 0.000000155. The second-order valence-electron chi connectivity index (χ2n) is 15.8. The summed E-state index contributed by atoms with van der Waals surface area (Å²) < 4.78 is 5.79. The Kier molecular flexibility index (Phi) is 9.33. The van der Waals surface area contributed by atoms with E-state index in [4.69, 9.17) is 4.74 Å². The van der Waals surface area contributed by atoms with Crippen LogP contribution in [0.2, 0.25) is 0 Å². The molecule has 0 fully saturated rings. The quantitative estimate of drug-likeness (QED) is 0.216. The molecule has 0 saturated carbocycles. The highest BCUT2D eigenvalue weighted by Gasteiger charge is 2.36. The van der Waals surface area contributed by atoms with Crippen molar-refractivity contribution in [3.63, 3.8) is 0 Å². The van der Waals surface area contributed by atoms with Crippen LogP contribution >= 0.6 is 0 Å². The molecule has 4 aromatic rings. The van der Waals surface area contributed by atoms with Crippen LogP contribution in [-0.2, 0) is 49.7 Å². The first-order chi connectivity index (χ1) is 23.5. The molecular weight excluding hydrogens is 597 g/mol. The molecule has 2 atom stereocenters. The molecule has 0 bridgehead atoms. The molecule has 0 heterocycles. The van der Waals surface area contributed by atoms with Gasteiger partial charge in [-0.05, 0) is 163 Å². The number of aliphatic hydroxyl groups is 1. The van der Waals surface area contributed by atoms with Gasteiger partial charge in [-0.3, -0.25) is 0 Å². The molecule has 8 rings (SSSR count). The number of methoxy groups -OCH3 is 1. The second-order valence-corrected chi connectivity index (χ2v) is 15.8. The summed E-state index contributed by atoms with van der Waals surface area (Å²) in [5.41, 5.74) is 22.6. The fourth-order valence-corrected chi connectivity index (χ4v) is 9.33. The van der Waals surface area contributed by atoms with Crippen LogP contribution in [0.5, 0.6) is 0 Å². The van der Waals surface area contributed by atoms with E-state index in [1.165, 1.54) is 90.7 Å². The third kappa shape index (κ3) is 6.63. The molecule has 4 aliphatic rings. The minimum Gasteiger partial charge on any atom is -0.389 e. The third-order valence-electron chi connectivity index (χ3n) is 12.2. The van der Waals surface area contributed by atoms with Crippen LogP contribution in [0.25, 0.3) is 12.2 Å². The Morgan fingerprint density at radius 2 is 1.39 bits per heavy atom. The maximum atomic E-state index is 11.2. The molecule has 1 N–H and O–H groups in total. The minimum atomic E-state index is -0.600. The fraction of sp³-hybridized carbons (Fsp3) is 0.404. The average molecular weight is 651 g/mol. The van der Waals surface area contributed by atoms with E-state index in [1.807, 2.05) is 7.11 Å². The summed E-state index contributed by atoms with van der Waals surface area (Å²) in [7, 11) is 1.82. The van der Waals surface area contributed by atoms with Gasteiger partial charge in [0.1, 0.15) is 0 Å². The lowest BCUT2D eigenvalue weighted by molar-refractivity contribution is 0.0426. The fourth-order valence-electron chi connectivity index (χ4n) is 9.33. The lowest BCUT2D eigenvalue weighted by atomic mass is 9.86. The standard InChI is InChI=1S/C24H30O2.C23H24/c1-15-11-22-21(12-16(2)23(22)26-4)20(17(15)3)9-10-24(25)13-18-7-5-6-8-19(18)14-24;1-15-10-21-12-16(2)17(3)22(23(21)11-15)9-8-18-13-19-6-4-5-7-20(19)14-18/h5-8,11,16,23,25H,9-10,12-14H2,1-4H3;4-7,11-13H,8-10,14H2,1-3H3. The van der Waals surface area contributed by atoms with Gasteiger partial charge in [0.25, 0.3) is 0 Å². The van der Waals surface area contributed by atoms with Crippen LogP contribution < -0.4 is 0 Å². The van der Waals surface area contributed by atoms with E-state index in [1.54, 1.807) is 11.1 Å². The molecule has 49 heavy (non-hydrogen) atoms. The average Bonchev–Trinajstić information content (AvgIpc) is 3.83. The van der Waals surface area contributed by atoms with E-state index in [-0.39, 0.29) is 6.10 Å². The zero-order valence-corrected chi connectivity index (χ0v) is 30.8. The van der Waals surface area contributed by atoms with Gasteiger partial charge < -0.3 is 9.84 Å². The first-order valence-corrected chi connectivity index (χ1v) is 18.5. The maximum absolute atomic E-state index is 11.2. The zero-order valence-electron chi connectivity index (χ0n) is 30.8. The largest absolute Gasteiger partial charge is 0.389 e. The van der Waals surface area contributed by atoms with Gasteiger partial charge in [-0.15, -0.1) is 0 Å². The lowest BCUT2D eigenvalue weighted by Crippen LogP contribution is -2.30. The van der Waals surface area contributed by atoms with Crippen molar-refractivity contribution >= 4 is 12.2 Å². The Morgan fingerprint density at radius 3 is 2.08 bits per heavy atom. The first-order valence-electron chi connectivity index (χ1n) is 18.5. The lowest BCUT2D eigenvalue weighted by Gasteiger charge is -2.24. The highest BCUT2D eigenvalue weighted by molar-refractivity contribution is 5.69. The molecule has 0 radical (unpaired) electrons. The summed E-state index contributed by atoms with van der Waals surface area (Å²) in [5.74, 6) is 0.522. The molecule has 0 spiro atoms. The minimum absolute atomic E-state index is 0.210. The number of fused-ring (bicyclic) bond motifs is 4. The molecule has 0 amide bonds. The van der Waals surface area contributed by atoms with E-state index in [0.717, 1.165) is 44.9 Å². The summed E-state index contributed by atoms with van der Waals surface area (Å²) in [4.78, 5) is 0. The molecule has 0 aromatic heterocycles. The zero-order chi connectivity index (χ0) is 34.4. The molecule has 2 nitrogen and oxygen atoms in total. The van der Waals surface area contributed by atoms with Crippen LogP contribution in [0.1, 0.15) is 111 Å².